The van der Waals surface area contributed by atoms with Crippen LogP contribution >= 0.6 is 0 Å². The van der Waals surface area contributed by atoms with Gasteiger partial charge in [0.05, 0.1) is 7.11 Å². The fraction of sp³-hybridized carbons (Fsp3) is 0.875. The number of esters is 1. The molecule has 1 rings (SSSR count). The minimum atomic E-state index is -0.558. The number of hydrogen-bond donors (Lipinski definition) is 0. The summed E-state index contributed by atoms with van der Waals surface area (Å²) in [5.41, 5.74) is 0. The molecule has 0 saturated carbocycles. The summed E-state index contributed by atoms with van der Waals surface area (Å²) in [6.07, 6.45) is -0.465. The van der Waals surface area contributed by atoms with Gasteiger partial charge >= 0.3 is 5.97 Å². The van der Waals surface area contributed by atoms with E-state index in [4.69, 9.17) is 14.2 Å². The zero-order chi connectivity index (χ0) is 9.84. The van der Waals surface area contributed by atoms with E-state index < -0.39 is 6.29 Å². The molecule has 1 fully saturated rings. The molecule has 3 atom stereocenters. The van der Waals surface area contributed by atoms with Gasteiger partial charge in [-0.05, 0) is 0 Å². The summed E-state index contributed by atoms with van der Waals surface area (Å²) < 4.78 is 19.8. The van der Waals surface area contributed by atoms with E-state index in [1.807, 2.05) is 0 Å². The molecular weight excluding hydrogens is 176 g/mol. The van der Waals surface area contributed by atoms with Crippen molar-refractivity contribution < 1.29 is 23.7 Å². The van der Waals surface area contributed by atoms with E-state index in [2.05, 4.69) is 4.74 Å². The SMILES string of the molecule is COC(=O)[C@@H]1C[C@@H](OC)O[C@H]1OC. The van der Waals surface area contributed by atoms with E-state index in [9.17, 15) is 4.79 Å². The van der Waals surface area contributed by atoms with Crippen molar-refractivity contribution in [2.24, 2.45) is 5.92 Å². The molecule has 76 valence electrons. The van der Waals surface area contributed by atoms with Gasteiger partial charge in [-0.1, -0.05) is 0 Å². The zero-order valence-corrected chi connectivity index (χ0v) is 7.98. The smallest absolute Gasteiger partial charge is 0.314 e. The molecule has 0 spiro atoms. The molecule has 0 radical (unpaired) electrons. The maximum atomic E-state index is 11.2. The molecule has 1 heterocycles. The molecule has 0 aromatic heterocycles. The van der Waals surface area contributed by atoms with Gasteiger partial charge in [0.2, 0.25) is 0 Å². The standard InChI is InChI=1S/C8H14O5/c1-10-6-4-5(7(9)11-2)8(12-3)13-6/h5-6,8H,4H2,1-3H3/t5-,6-,8+/m0/s1. The summed E-state index contributed by atoms with van der Waals surface area (Å²) in [5.74, 6) is -0.716. The Kier molecular flexibility index (Phi) is 3.65. The maximum absolute atomic E-state index is 11.2. The van der Waals surface area contributed by atoms with Gasteiger partial charge in [0.15, 0.2) is 12.6 Å². The lowest BCUT2D eigenvalue weighted by atomic mass is 10.1. The summed E-state index contributed by atoms with van der Waals surface area (Å²) in [7, 11) is 4.35. The lowest BCUT2D eigenvalue weighted by Gasteiger charge is -2.13. The highest BCUT2D eigenvalue weighted by Crippen LogP contribution is 2.28. The van der Waals surface area contributed by atoms with Crippen LogP contribution in [0.5, 0.6) is 0 Å². The van der Waals surface area contributed by atoms with E-state index in [0.29, 0.717) is 6.42 Å². The Hall–Kier alpha value is -0.650. The van der Waals surface area contributed by atoms with E-state index >= 15 is 0 Å². The van der Waals surface area contributed by atoms with E-state index in [-0.39, 0.29) is 18.2 Å². The first kappa shape index (κ1) is 10.4. The van der Waals surface area contributed by atoms with E-state index in [1.54, 1.807) is 0 Å². The van der Waals surface area contributed by atoms with Crippen LogP contribution in [0.4, 0.5) is 0 Å². The van der Waals surface area contributed by atoms with Crippen molar-refractivity contribution in [1.29, 1.82) is 0 Å². The Balaban J connectivity index is 2.57. The van der Waals surface area contributed by atoms with Crippen LogP contribution in [0.1, 0.15) is 6.42 Å². The van der Waals surface area contributed by atoms with Crippen molar-refractivity contribution in [2.75, 3.05) is 21.3 Å². The molecule has 1 aliphatic rings. The van der Waals surface area contributed by atoms with Crippen molar-refractivity contribution in [3.63, 3.8) is 0 Å². The van der Waals surface area contributed by atoms with Gasteiger partial charge in [-0.25, -0.2) is 0 Å². The molecule has 5 nitrogen and oxygen atoms in total. The van der Waals surface area contributed by atoms with Crippen LogP contribution in [0.3, 0.4) is 0 Å². The number of ether oxygens (including phenoxy) is 4. The van der Waals surface area contributed by atoms with Gasteiger partial charge in [0, 0.05) is 20.6 Å². The van der Waals surface area contributed by atoms with Crippen molar-refractivity contribution in [3.8, 4) is 0 Å². The summed E-state index contributed by atoms with van der Waals surface area (Å²) in [4.78, 5) is 11.2. The van der Waals surface area contributed by atoms with Crippen LogP contribution in [0.2, 0.25) is 0 Å². The van der Waals surface area contributed by atoms with Crippen LogP contribution in [-0.2, 0) is 23.7 Å². The molecule has 0 amide bonds. The second kappa shape index (κ2) is 4.55. The predicted octanol–water partition coefficient (Wildman–Crippen LogP) is 0.141. The van der Waals surface area contributed by atoms with Crippen LogP contribution < -0.4 is 0 Å². The first-order valence-corrected chi connectivity index (χ1v) is 4.01. The van der Waals surface area contributed by atoms with Crippen molar-refractivity contribution >= 4 is 5.97 Å². The average molecular weight is 190 g/mol. The van der Waals surface area contributed by atoms with Crippen molar-refractivity contribution in [2.45, 2.75) is 19.0 Å². The normalized spacial score (nSPS) is 33.3. The van der Waals surface area contributed by atoms with Crippen molar-refractivity contribution in [1.82, 2.24) is 0 Å². The highest BCUT2D eigenvalue weighted by molar-refractivity contribution is 5.73. The number of hydrogen-bond acceptors (Lipinski definition) is 5. The van der Waals surface area contributed by atoms with Crippen LogP contribution in [0.25, 0.3) is 0 Å². The Labute approximate surface area is 76.9 Å². The second-order valence-corrected chi connectivity index (χ2v) is 2.77. The van der Waals surface area contributed by atoms with Gasteiger partial charge in [-0.2, -0.15) is 0 Å². The summed E-state index contributed by atoms with van der Waals surface area (Å²) in [6.45, 7) is 0. The third-order valence-corrected chi connectivity index (χ3v) is 2.06. The number of methoxy groups -OCH3 is 3. The molecule has 0 aromatic rings. The molecule has 0 aromatic carbocycles. The molecular formula is C8H14O5. The van der Waals surface area contributed by atoms with E-state index in [1.165, 1.54) is 21.3 Å². The minimum Gasteiger partial charge on any atom is -0.469 e. The van der Waals surface area contributed by atoms with Crippen LogP contribution in [0.15, 0.2) is 0 Å². The predicted molar refractivity (Wildman–Crippen MR) is 42.8 cm³/mol. The molecule has 13 heavy (non-hydrogen) atoms. The number of carbonyl (C=O) groups excluding carboxylic acids is 1. The third kappa shape index (κ3) is 2.18. The summed E-state index contributed by atoms with van der Waals surface area (Å²) >= 11 is 0. The largest absolute Gasteiger partial charge is 0.469 e. The molecule has 0 N–H and O–H groups in total. The second-order valence-electron chi connectivity index (χ2n) is 2.77. The molecule has 5 heteroatoms. The number of rotatable bonds is 3. The molecule has 1 saturated heterocycles. The highest BCUT2D eigenvalue weighted by Gasteiger charge is 2.40. The van der Waals surface area contributed by atoms with Gasteiger partial charge in [-0.15, -0.1) is 0 Å². The lowest BCUT2D eigenvalue weighted by molar-refractivity contribution is -0.197. The molecule has 0 bridgehead atoms. The summed E-state index contributed by atoms with van der Waals surface area (Å²) in [6, 6.07) is 0. The van der Waals surface area contributed by atoms with E-state index in [0.717, 1.165) is 0 Å². The highest BCUT2D eigenvalue weighted by atomic mass is 16.8. The topological polar surface area (TPSA) is 54.0 Å². The summed E-state index contributed by atoms with van der Waals surface area (Å²) in [5, 5.41) is 0. The van der Waals surface area contributed by atoms with Crippen molar-refractivity contribution in [3.05, 3.63) is 0 Å². The Morgan fingerprint density at radius 3 is 2.46 bits per heavy atom. The quantitative estimate of drug-likeness (QED) is 0.592. The zero-order valence-electron chi connectivity index (χ0n) is 7.98. The average Bonchev–Trinajstić information content (AvgIpc) is 2.59. The first-order chi connectivity index (χ1) is 6.22. The fourth-order valence-corrected chi connectivity index (χ4v) is 1.35. The van der Waals surface area contributed by atoms with Gasteiger partial charge in [0.1, 0.15) is 5.92 Å². The first-order valence-electron chi connectivity index (χ1n) is 4.01. The molecule has 1 aliphatic heterocycles. The maximum Gasteiger partial charge on any atom is 0.314 e. The third-order valence-electron chi connectivity index (χ3n) is 2.06. The van der Waals surface area contributed by atoms with Gasteiger partial charge in [-0.3, -0.25) is 4.79 Å². The molecule has 0 aliphatic carbocycles. The Morgan fingerprint density at radius 1 is 1.31 bits per heavy atom. The van der Waals surface area contributed by atoms with Crippen LogP contribution in [-0.4, -0.2) is 39.9 Å². The Bertz CT molecular complexity index is 181. The lowest BCUT2D eigenvalue weighted by Crippen LogP contribution is -2.26. The van der Waals surface area contributed by atoms with Gasteiger partial charge < -0.3 is 18.9 Å². The monoisotopic (exact) mass is 190 g/mol. The fourth-order valence-electron chi connectivity index (χ4n) is 1.35. The molecule has 0 unspecified atom stereocenters. The van der Waals surface area contributed by atoms with Crippen LogP contribution in [0, 0.1) is 5.92 Å². The Morgan fingerprint density at radius 2 is 2.00 bits per heavy atom. The number of carbonyl (C=O) groups is 1. The minimum absolute atomic E-state index is 0.327. The van der Waals surface area contributed by atoms with Gasteiger partial charge in [0.25, 0.3) is 0 Å².